The molecule has 0 aromatic heterocycles. The van der Waals surface area contributed by atoms with Gasteiger partial charge in [-0.3, -0.25) is 4.99 Å². The Labute approximate surface area is 115 Å². The van der Waals surface area contributed by atoms with E-state index in [-0.39, 0.29) is 12.1 Å². The van der Waals surface area contributed by atoms with Crippen molar-refractivity contribution in [3.63, 3.8) is 0 Å². The normalized spacial score (nSPS) is 21.0. The zero-order chi connectivity index (χ0) is 14.5. The van der Waals surface area contributed by atoms with Crippen LogP contribution in [-0.2, 0) is 4.74 Å². The van der Waals surface area contributed by atoms with Gasteiger partial charge in [-0.2, -0.15) is 0 Å². The number of nitrogens with zero attached hydrogens (tertiary/aromatic N) is 2. The number of likely N-dealkylation sites (tertiary alicyclic amines) is 1. The van der Waals surface area contributed by atoms with Gasteiger partial charge in [0.25, 0.3) is 0 Å². The van der Waals surface area contributed by atoms with Gasteiger partial charge in [-0.1, -0.05) is 6.08 Å². The van der Waals surface area contributed by atoms with Crippen LogP contribution >= 0.6 is 0 Å². The lowest BCUT2D eigenvalue weighted by atomic mass is 10.2. The fraction of sp³-hybridized carbons (Fsp3) is 0.714. The highest BCUT2D eigenvalue weighted by atomic mass is 16.6. The summed E-state index contributed by atoms with van der Waals surface area (Å²) in [6, 6.07) is 0.157. The summed E-state index contributed by atoms with van der Waals surface area (Å²) >= 11 is 0. The smallest absolute Gasteiger partial charge is 0.410 e. The molecule has 1 atom stereocenters. The summed E-state index contributed by atoms with van der Waals surface area (Å²) in [6.07, 6.45) is 4.32. The number of hydrogen-bond donors (Lipinski definition) is 1. The molecule has 0 spiro atoms. The summed E-state index contributed by atoms with van der Waals surface area (Å²) in [5, 5.41) is 3.08. The lowest BCUT2D eigenvalue weighted by Crippen LogP contribution is -2.35. The molecule has 1 saturated heterocycles. The van der Waals surface area contributed by atoms with E-state index < -0.39 is 5.60 Å². The summed E-state index contributed by atoms with van der Waals surface area (Å²) in [7, 11) is 0. The first-order valence-corrected chi connectivity index (χ1v) is 6.71. The number of allylic oxidation sites excluding steroid dienone is 2. The van der Waals surface area contributed by atoms with Crippen LogP contribution in [0.5, 0.6) is 0 Å². The number of rotatable bonds is 3. The molecule has 0 aromatic rings. The molecule has 108 valence electrons. The molecule has 5 nitrogen and oxygen atoms in total. The summed E-state index contributed by atoms with van der Waals surface area (Å²) < 4.78 is 5.34. The van der Waals surface area contributed by atoms with E-state index in [9.17, 15) is 4.79 Å². The minimum Gasteiger partial charge on any atom is -0.444 e. The van der Waals surface area contributed by atoms with E-state index in [0.717, 1.165) is 12.1 Å². The predicted octanol–water partition coefficient (Wildman–Crippen LogP) is 2.54. The molecule has 0 radical (unpaired) electrons. The van der Waals surface area contributed by atoms with Crippen molar-refractivity contribution >= 4 is 12.4 Å². The lowest BCUT2D eigenvalue weighted by Gasteiger charge is -2.24. The first kappa shape index (κ1) is 15.5. The zero-order valence-corrected chi connectivity index (χ0v) is 12.6. The van der Waals surface area contributed by atoms with Crippen LogP contribution in [0.2, 0.25) is 0 Å². The summed E-state index contributed by atoms with van der Waals surface area (Å²) in [6.45, 7) is 10.9. The third-order valence-corrected chi connectivity index (χ3v) is 2.83. The average Bonchev–Trinajstić information content (AvgIpc) is 2.75. The Kier molecular flexibility index (Phi) is 5.39. The minimum absolute atomic E-state index is 0.157. The van der Waals surface area contributed by atoms with Gasteiger partial charge in [0.15, 0.2) is 0 Å². The van der Waals surface area contributed by atoms with Crippen molar-refractivity contribution in [3.8, 4) is 0 Å². The molecule has 1 unspecified atom stereocenters. The standard InChI is InChI=1S/C14H25N3O2/c1-6-11(2)15-10-16-12-7-8-17(9-12)13(18)19-14(3,4)5/h6,10,12H,7-9H2,1-5H3,(H,15,16)/b11-6+. The second-order valence-electron chi connectivity index (χ2n) is 5.76. The predicted molar refractivity (Wildman–Crippen MR) is 77.3 cm³/mol. The highest BCUT2D eigenvalue weighted by molar-refractivity contribution is 5.68. The van der Waals surface area contributed by atoms with Gasteiger partial charge >= 0.3 is 6.09 Å². The minimum atomic E-state index is -0.441. The molecule has 1 rings (SSSR count). The van der Waals surface area contributed by atoms with Crippen molar-refractivity contribution in [3.05, 3.63) is 11.8 Å². The van der Waals surface area contributed by atoms with Gasteiger partial charge in [0.1, 0.15) is 5.60 Å². The molecule has 5 heteroatoms. The number of ether oxygens (including phenoxy) is 1. The molecular weight excluding hydrogens is 242 g/mol. The van der Waals surface area contributed by atoms with Crippen molar-refractivity contribution in [2.45, 2.75) is 52.7 Å². The van der Waals surface area contributed by atoms with Crippen molar-refractivity contribution < 1.29 is 9.53 Å². The van der Waals surface area contributed by atoms with Crippen LogP contribution in [0, 0.1) is 0 Å². The molecule has 1 N–H and O–H groups in total. The number of carbonyl (C=O) groups excluding carboxylic acids is 1. The number of amides is 1. The molecule has 1 amide bonds. The maximum atomic E-state index is 11.9. The van der Waals surface area contributed by atoms with E-state index in [1.165, 1.54) is 0 Å². The van der Waals surface area contributed by atoms with Crippen molar-refractivity contribution in [2.75, 3.05) is 13.1 Å². The molecule has 1 aliphatic heterocycles. The van der Waals surface area contributed by atoms with Gasteiger partial charge in [0.2, 0.25) is 0 Å². The van der Waals surface area contributed by atoms with Crippen molar-refractivity contribution in [2.24, 2.45) is 4.99 Å². The van der Waals surface area contributed by atoms with Crippen LogP contribution in [-0.4, -0.2) is 42.1 Å². The average molecular weight is 267 g/mol. The van der Waals surface area contributed by atoms with E-state index in [1.807, 2.05) is 40.7 Å². The van der Waals surface area contributed by atoms with E-state index in [2.05, 4.69) is 10.3 Å². The van der Waals surface area contributed by atoms with Crippen molar-refractivity contribution in [1.29, 1.82) is 0 Å². The monoisotopic (exact) mass is 267 g/mol. The second kappa shape index (κ2) is 6.59. The summed E-state index contributed by atoms with van der Waals surface area (Å²) in [5.74, 6) is 0. The molecular formula is C14H25N3O2. The topological polar surface area (TPSA) is 53.9 Å². The summed E-state index contributed by atoms with van der Waals surface area (Å²) in [5.41, 5.74) is 0.619. The van der Waals surface area contributed by atoms with E-state index in [4.69, 9.17) is 4.74 Å². The summed E-state index contributed by atoms with van der Waals surface area (Å²) in [4.78, 5) is 18.0. The Balaban J connectivity index is 2.39. The second-order valence-corrected chi connectivity index (χ2v) is 5.76. The third kappa shape index (κ3) is 5.77. The van der Waals surface area contributed by atoms with Crippen LogP contribution in [0.15, 0.2) is 16.8 Å². The van der Waals surface area contributed by atoms with Gasteiger partial charge in [0.05, 0.1) is 12.4 Å². The molecule has 0 aliphatic carbocycles. The van der Waals surface area contributed by atoms with E-state index in [0.29, 0.717) is 13.1 Å². The fourth-order valence-electron chi connectivity index (χ4n) is 1.68. The van der Waals surface area contributed by atoms with Crippen LogP contribution in [0.3, 0.4) is 0 Å². The Morgan fingerprint density at radius 1 is 1.47 bits per heavy atom. The maximum absolute atomic E-state index is 11.9. The molecule has 19 heavy (non-hydrogen) atoms. The fourth-order valence-corrected chi connectivity index (χ4v) is 1.68. The van der Waals surface area contributed by atoms with Crippen LogP contribution < -0.4 is 5.32 Å². The molecule has 1 heterocycles. The number of carbonyl (C=O) groups is 1. The SMILES string of the molecule is C/C=C(\C)NC=NC1CCN(C(=O)OC(C)(C)C)C1. The number of aliphatic imine (C=N–C) groups is 1. The number of nitrogens with one attached hydrogen (secondary N) is 1. The maximum Gasteiger partial charge on any atom is 0.410 e. The Bertz CT molecular complexity index is 369. The Hall–Kier alpha value is -1.52. The molecule has 1 fully saturated rings. The van der Waals surface area contributed by atoms with E-state index >= 15 is 0 Å². The zero-order valence-electron chi connectivity index (χ0n) is 12.6. The van der Waals surface area contributed by atoms with Gasteiger partial charge in [-0.25, -0.2) is 4.79 Å². The van der Waals surface area contributed by atoms with Gasteiger partial charge < -0.3 is 15.0 Å². The molecule has 0 saturated carbocycles. The third-order valence-electron chi connectivity index (χ3n) is 2.83. The van der Waals surface area contributed by atoms with Gasteiger partial charge in [-0.15, -0.1) is 0 Å². The quantitative estimate of drug-likeness (QED) is 0.631. The van der Waals surface area contributed by atoms with Crippen LogP contribution in [0.25, 0.3) is 0 Å². The largest absolute Gasteiger partial charge is 0.444 e. The van der Waals surface area contributed by atoms with Crippen molar-refractivity contribution in [1.82, 2.24) is 10.2 Å². The Morgan fingerprint density at radius 2 is 2.16 bits per heavy atom. The lowest BCUT2D eigenvalue weighted by molar-refractivity contribution is 0.0293. The highest BCUT2D eigenvalue weighted by Gasteiger charge is 2.29. The van der Waals surface area contributed by atoms with Crippen LogP contribution in [0.4, 0.5) is 4.79 Å². The first-order chi connectivity index (χ1) is 8.81. The molecule has 1 aliphatic rings. The van der Waals surface area contributed by atoms with Gasteiger partial charge in [-0.05, 0) is 41.0 Å². The highest BCUT2D eigenvalue weighted by Crippen LogP contribution is 2.16. The first-order valence-electron chi connectivity index (χ1n) is 6.71. The van der Waals surface area contributed by atoms with E-state index in [1.54, 1.807) is 11.2 Å². The molecule has 0 aromatic carbocycles. The molecule has 0 bridgehead atoms. The van der Waals surface area contributed by atoms with Crippen LogP contribution in [0.1, 0.15) is 41.0 Å². The number of hydrogen-bond acceptors (Lipinski definition) is 3. The van der Waals surface area contributed by atoms with Gasteiger partial charge in [0, 0.05) is 18.8 Å². The Morgan fingerprint density at radius 3 is 2.74 bits per heavy atom.